The predicted octanol–water partition coefficient (Wildman–Crippen LogP) is 2.71. The lowest BCUT2D eigenvalue weighted by Crippen LogP contribution is -2.43. The largest absolute Gasteiger partial charge is 0.508 e. The molecule has 2 heterocycles. The van der Waals surface area contributed by atoms with E-state index in [1.807, 2.05) is 43.3 Å². The number of aryl methyl sites for hydroxylation is 1. The topological polar surface area (TPSA) is 65.4 Å². The molecule has 1 amide bonds. The van der Waals surface area contributed by atoms with Gasteiger partial charge in [-0.2, -0.15) is 5.10 Å². The summed E-state index contributed by atoms with van der Waals surface area (Å²) < 4.78 is 5.37. The second-order valence-electron chi connectivity index (χ2n) is 7.32. The Morgan fingerprint density at radius 3 is 2.57 bits per heavy atom. The van der Waals surface area contributed by atoms with E-state index in [1.165, 1.54) is 5.56 Å². The van der Waals surface area contributed by atoms with E-state index < -0.39 is 0 Å². The van der Waals surface area contributed by atoms with Gasteiger partial charge >= 0.3 is 0 Å². The maximum atomic E-state index is 13.1. The molecule has 0 saturated carbocycles. The van der Waals surface area contributed by atoms with Crippen LogP contribution in [0.5, 0.6) is 5.75 Å². The predicted molar refractivity (Wildman–Crippen MR) is 107 cm³/mol. The number of rotatable bonds is 4. The van der Waals surface area contributed by atoms with Gasteiger partial charge in [0.15, 0.2) is 0 Å². The fourth-order valence-electron chi connectivity index (χ4n) is 3.70. The van der Waals surface area contributed by atoms with E-state index in [-0.39, 0.29) is 17.7 Å². The average Bonchev–Trinajstić information content (AvgIpc) is 3.15. The van der Waals surface area contributed by atoms with Crippen LogP contribution in [0.15, 0.2) is 53.6 Å². The van der Waals surface area contributed by atoms with Crippen LogP contribution >= 0.6 is 0 Å². The number of para-hydroxylation sites is 1. The summed E-state index contributed by atoms with van der Waals surface area (Å²) in [5.74, 6) is 0.134. The van der Waals surface area contributed by atoms with Crippen molar-refractivity contribution < 1.29 is 14.6 Å². The Kier molecular flexibility index (Phi) is 5.41. The maximum Gasteiger partial charge on any atom is 0.257 e. The second kappa shape index (κ2) is 8.12. The minimum absolute atomic E-state index is 0.0581. The number of phenols is 1. The van der Waals surface area contributed by atoms with Crippen LogP contribution in [0.1, 0.15) is 29.2 Å². The molecule has 0 radical (unpaired) electrons. The Morgan fingerprint density at radius 2 is 1.86 bits per heavy atom. The summed E-state index contributed by atoms with van der Waals surface area (Å²) in [4.78, 5) is 15.2. The Morgan fingerprint density at radius 1 is 1.14 bits per heavy atom. The molecule has 0 aromatic heterocycles. The van der Waals surface area contributed by atoms with Gasteiger partial charge in [-0.15, -0.1) is 0 Å². The van der Waals surface area contributed by atoms with Gasteiger partial charge in [-0.3, -0.25) is 9.69 Å². The summed E-state index contributed by atoms with van der Waals surface area (Å²) >= 11 is 0. The lowest BCUT2D eigenvalue weighted by atomic mass is 9.97. The third-order valence-corrected chi connectivity index (χ3v) is 5.31. The molecule has 1 saturated heterocycles. The molecule has 4 rings (SSSR count). The first-order valence-corrected chi connectivity index (χ1v) is 9.66. The van der Waals surface area contributed by atoms with Crippen molar-refractivity contribution >= 4 is 11.6 Å². The van der Waals surface area contributed by atoms with Crippen molar-refractivity contribution in [3.63, 3.8) is 0 Å². The van der Waals surface area contributed by atoms with Crippen molar-refractivity contribution in [2.75, 3.05) is 32.8 Å². The van der Waals surface area contributed by atoms with E-state index >= 15 is 0 Å². The molecule has 6 nitrogen and oxygen atoms in total. The van der Waals surface area contributed by atoms with Crippen LogP contribution < -0.4 is 0 Å². The number of hydrogen-bond acceptors (Lipinski definition) is 5. The van der Waals surface area contributed by atoms with Crippen molar-refractivity contribution in [3.05, 3.63) is 65.2 Å². The number of ether oxygens (including phenoxy) is 1. The average molecular weight is 379 g/mol. The zero-order valence-corrected chi connectivity index (χ0v) is 16.0. The van der Waals surface area contributed by atoms with Gasteiger partial charge in [-0.1, -0.05) is 48.0 Å². The third kappa shape index (κ3) is 3.93. The van der Waals surface area contributed by atoms with Gasteiger partial charge < -0.3 is 9.84 Å². The fraction of sp³-hybridized carbons (Fsp3) is 0.364. The molecule has 0 aliphatic carbocycles. The first kappa shape index (κ1) is 18.7. The zero-order valence-electron chi connectivity index (χ0n) is 16.0. The lowest BCUT2D eigenvalue weighted by Gasteiger charge is -2.29. The molecule has 1 atom stereocenters. The maximum absolute atomic E-state index is 13.1. The molecule has 2 aliphatic heterocycles. The van der Waals surface area contributed by atoms with Gasteiger partial charge in [-0.05, 0) is 18.6 Å². The molecule has 2 aliphatic rings. The van der Waals surface area contributed by atoms with Crippen LogP contribution in [-0.2, 0) is 9.53 Å². The van der Waals surface area contributed by atoms with Crippen molar-refractivity contribution in [1.29, 1.82) is 0 Å². The molecular weight excluding hydrogens is 354 g/mol. The molecule has 0 bridgehead atoms. The Hall–Kier alpha value is -2.70. The summed E-state index contributed by atoms with van der Waals surface area (Å²) in [5, 5.41) is 16.6. The first-order valence-electron chi connectivity index (χ1n) is 9.66. The van der Waals surface area contributed by atoms with Crippen LogP contribution in [0.2, 0.25) is 0 Å². The Balaban J connectivity index is 1.62. The molecule has 2 aromatic carbocycles. The van der Waals surface area contributed by atoms with Crippen molar-refractivity contribution in [1.82, 2.24) is 9.91 Å². The summed E-state index contributed by atoms with van der Waals surface area (Å²) in [7, 11) is 0. The van der Waals surface area contributed by atoms with Gasteiger partial charge in [0.2, 0.25) is 0 Å². The number of carbonyl (C=O) groups is 1. The highest BCUT2D eigenvalue weighted by atomic mass is 16.5. The number of nitrogens with zero attached hydrogens (tertiary/aromatic N) is 3. The van der Waals surface area contributed by atoms with Crippen LogP contribution in [0.4, 0.5) is 0 Å². The number of carbonyl (C=O) groups excluding carboxylic acids is 1. The van der Waals surface area contributed by atoms with Crippen molar-refractivity contribution in [2.45, 2.75) is 19.4 Å². The molecule has 0 spiro atoms. The summed E-state index contributed by atoms with van der Waals surface area (Å²) in [5.41, 5.74) is 3.78. The van der Waals surface area contributed by atoms with Gasteiger partial charge in [0.25, 0.3) is 5.91 Å². The second-order valence-corrected chi connectivity index (χ2v) is 7.32. The van der Waals surface area contributed by atoms with Crippen LogP contribution in [0, 0.1) is 6.92 Å². The minimum Gasteiger partial charge on any atom is -0.508 e. The molecule has 1 unspecified atom stereocenters. The van der Waals surface area contributed by atoms with E-state index in [9.17, 15) is 9.90 Å². The molecule has 146 valence electrons. The molecule has 1 fully saturated rings. The highest BCUT2D eigenvalue weighted by molar-refractivity contribution is 6.03. The molecule has 1 N–H and O–H groups in total. The number of phenolic OH excluding ortho intramolecular Hbond substituents is 1. The van der Waals surface area contributed by atoms with Crippen LogP contribution in [0.25, 0.3) is 0 Å². The normalized spacial score (nSPS) is 20.2. The first-order chi connectivity index (χ1) is 13.6. The van der Waals surface area contributed by atoms with Gasteiger partial charge in [0.05, 0.1) is 31.5 Å². The molecular formula is C22H25N3O3. The van der Waals surface area contributed by atoms with E-state index in [2.05, 4.69) is 10.0 Å². The number of benzene rings is 2. The zero-order chi connectivity index (χ0) is 19.5. The monoisotopic (exact) mass is 379 g/mol. The lowest BCUT2D eigenvalue weighted by molar-refractivity contribution is -0.135. The summed E-state index contributed by atoms with van der Waals surface area (Å²) in [6, 6.07) is 15.0. The van der Waals surface area contributed by atoms with Gasteiger partial charge in [0.1, 0.15) is 5.75 Å². The van der Waals surface area contributed by atoms with Gasteiger partial charge in [-0.25, -0.2) is 5.01 Å². The Bertz CT molecular complexity index is 873. The minimum atomic E-state index is -0.300. The fourth-order valence-corrected chi connectivity index (χ4v) is 3.70. The quantitative estimate of drug-likeness (QED) is 0.887. The highest BCUT2D eigenvalue weighted by Gasteiger charge is 2.35. The summed E-state index contributed by atoms with van der Waals surface area (Å²) in [6.07, 6.45) is 0.579. The van der Waals surface area contributed by atoms with E-state index in [1.54, 1.807) is 17.1 Å². The number of hydrogen-bond donors (Lipinski definition) is 1. The summed E-state index contributed by atoms with van der Waals surface area (Å²) in [6.45, 7) is 5.13. The van der Waals surface area contributed by atoms with Crippen LogP contribution in [-0.4, -0.2) is 59.5 Å². The molecule has 6 heteroatoms. The number of hydrazone groups is 1. The molecule has 28 heavy (non-hydrogen) atoms. The number of amides is 1. The SMILES string of the molecule is Cc1ccc(C2=NN(C(=O)CN3CCOCC3)C(c3ccccc3O)C2)cc1. The molecule has 2 aromatic rings. The number of aromatic hydroxyl groups is 1. The van der Waals surface area contributed by atoms with E-state index in [4.69, 9.17) is 4.74 Å². The van der Waals surface area contributed by atoms with Crippen molar-refractivity contribution in [2.24, 2.45) is 5.10 Å². The van der Waals surface area contributed by atoms with Gasteiger partial charge in [0, 0.05) is 25.1 Å². The third-order valence-electron chi connectivity index (χ3n) is 5.31. The highest BCUT2D eigenvalue weighted by Crippen LogP contribution is 2.37. The van der Waals surface area contributed by atoms with E-state index in [0.29, 0.717) is 26.2 Å². The van der Waals surface area contributed by atoms with Crippen molar-refractivity contribution in [3.8, 4) is 5.75 Å². The standard InChI is InChI=1S/C22H25N3O3/c1-16-6-8-17(9-7-16)19-14-20(18-4-2-3-5-21(18)26)25(23-19)22(27)15-24-10-12-28-13-11-24/h2-9,20,26H,10-15H2,1H3. The smallest absolute Gasteiger partial charge is 0.257 e. The number of morpholine rings is 1. The van der Waals surface area contributed by atoms with E-state index in [0.717, 1.165) is 29.9 Å². The van der Waals surface area contributed by atoms with Crippen LogP contribution in [0.3, 0.4) is 0 Å². The Labute approximate surface area is 165 Å².